The van der Waals surface area contributed by atoms with Crippen molar-refractivity contribution < 1.29 is 23.5 Å². The van der Waals surface area contributed by atoms with Crippen LogP contribution >= 0.6 is 0 Å². The fourth-order valence-corrected chi connectivity index (χ4v) is 4.35. The summed E-state index contributed by atoms with van der Waals surface area (Å²) >= 11 is 0. The molecule has 0 spiro atoms. The number of aliphatic hydroxyl groups is 1. The molecular weight excluding hydrogens is 504 g/mol. The molecule has 0 saturated carbocycles. The van der Waals surface area contributed by atoms with Crippen LogP contribution in [-0.2, 0) is 0 Å². The lowest BCUT2D eigenvalue weighted by Gasteiger charge is -2.31. The first-order chi connectivity index (χ1) is 18.9. The van der Waals surface area contributed by atoms with Crippen LogP contribution in [0.15, 0.2) is 79.0 Å². The van der Waals surface area contributed by atoms with Crippen LogP contribution in [0.1, 0.15) is 33.7 Å². The summed E-state index contributed by atoms with van der Waals surface area (Å²) in [6.45, 7) is 1.51. The van der Waals surface area contributed by atoms with Gasteiger partial charge in [0.05, 0.1) is 17.5 Å². The standard InChI is InChI=1S/C29H27F2N5O3/c30-23-16-19(33-28(38)18-3-7-21(8-4-18)36-14-11-22(37)12-15-36)5-9-25(23)35-26-10-6-20(17-24(26)31)34-29(39)27-2-1-13-32-27/h1-10,13,16-17,22,32,35,37H,11-12,14-15H2,(H,33,38)(H,34,39). The number of carbonyl (C=O) groups excluding carboxylic acids is 2. The van der Waals surface area contributed by atoms with Gasteiger partial charge in [0, 0.05) is 41.9 Å². The second kappa shape index (κ2) is 11.4. The Bertz CT molecular complexity index is 1470. The Kier molecular flexibility index (Phi) is 7.55. The fraction of sp³-hybridized carbons (Fsp3) is 0.172. The van der Waals surface area contributed by atoms with Crippen LogP contribution in [0.25, 0.3) is 0 Å². The third kappa shape index (κ3) is 6.24. The van der Waals surface area contributed by atoms with Crippen molar-refractivity contribution in [3.63, 3.8) is 0 Å². The van der Waals surface area contributed by atoms with Gasteiger partial charge < -0.3 is 30.9 Å². The van der Waals surface area contributed by atoms with E-state index in [1.807, 2.05) is 12.1 Å². The highest BCUT2D eigenvalue weighted by atomic mass is 19.1. The molecular formula is C29H27F2N5O3. The Morgan fingerprint density at radius 1 is 0.821 bits per heavy atom. The molecule has 10 heteroatoms. The van der Waals surface area contributed by atoms with E-state index < -0.39 is 23.4 Å². The normalized spacial score (nSPS) is 13.7. The van der Waals surface area contributed by atoms with Crippen molar-refractivity contribution >= 4 is 40.3 Å². The molecule has 0 atom stereocenters. The smallest absolute Gasteiger partial charge is 0.272 e. The summed E-state index contributed by atoms with van der Waals surface area (Å²) in [6, 6.07) is 18.5. The van der Waals surface area contributed by atoms with E-state index in [0.717, 1.165) is 30.9 Å². The molecule has 5 N–H and O–H groups in total. The zero-order valence-electron chi connectivity index (χ0n) is 20.9. The van der Waals surface area contributed by atoms with Gasteiger partial charge in [-0.15, -0.1) is 0 Å². The average Bonchev–Trinajstić information content (AvgIpc) is 3.48. The van der Waals surface area contributed by atoms with Crippen LogP contribution in [0.4, 0.5) is 37.2 Å². The molecule has 0 radical (unpaired) electrons. The highest BCUT2D eigenvalue weighted by molar-refractivity contribution is 6.04. The number of H-pyrrole nitrogens is 1. The number of anilines is 5. The lowest BCUT2D eigenvalue weighted by atomic mass is 10.1. The summed E-state index contributed by atoms with van der Waals surface area (Å²) in [7, 11) is 0. The zero-order valence-corrected chi connectivity index (χ0v) is 20.9. The molecule has 0 unspecified atom stereocenters. The minimum Gasteiger partial charge on any atom is -0.393 e. The molecule has 4 aromatic rings. The van der Waals surface area contributed by atoms with E-state index in [0.29, 0.717) is 24.1 Å². The fourth-order valence-electron chi connectivity index (χ4n) is 4.35. The van der Waals surface area contributed by atoms with E-state index in [1.54, 1.807) is 30.5 Å². The summed E-state index contributed by atoms with van der Waals surface area (Å²) in [4.78, 5) is 29.7. The molecule has 1 aliphatic heterocycles. The first kappa shape index (κ1) is 25.9. The van der Waals surface area contributed by atoms with E-state index in [2.05, 4.69) is 25.8 Å². The van der Waals surface area contributed by atoms with Gasteiger partial charge >= 0.3 is 0 Å². The number of aliphatic hydroxyl groups excluding tert-OH is 1. The minimum absolute atomic E-state index is 0.0195. The van der Waals surface area contributed by atoms with Crippen molar-refractivity contribution in [2.45, 2.75) is 18.9 Å². The summed E-state index contributed by atoms with van der Waals surface area (Å²) in [5, 5.41) is 17.6. The number of benzene rings is 3. The minimum atomic E-state index is -0.682. The Labute approximate surface area is 223 Å². The predicted octanol–water partition coefficient (Wildman–Crippen LogP) is 5.50. The van der Waals surface area contributed by atoms with Crippen molar-refractivity contribution in [1.29, 1.82) is 0 Å². The number of halogens is 2. The van der Waals surface area contributed by atoms with Gasteiger partial charge in [0.2, 0.25) is 0 Å². The largest absolute Gasteiger partial charge is 0.393 e. The van der Waals surface area contributed by atoms with Gasteiger partial charge in [0.1, 0.15) is 17.3 Å². The van der Waals surface area contributed by atoms with Gasteiger partial charge in [0.15, 0.2) is 0 Å². The van der Waals surface area contributed by atoms with Crippen molar-refractivity contribution in [2.24, 2.45) is 0 Å². The van der Waals surface area contributed by atoms with Crippen molar-refractivity contribution in [2.75, 3.05) is 33.9 Å². The third-order valence-electron chi connectivity index (χ3n) is 6.52. The molecule has 39 heavy (non-hydrogen) atoms. The van der Waals surface area contributed by atoms with Crippen molar-refractivity contribution in [3.05, 3.63) is 102 Å². The van der Waals surface area contributed by atoms with E-state index in [9.17, 15) is 23.5 Å². The van der Waals surface area contributed by atoms with E-state index in [-0.39, 0.29) is 28.9 Å². The molecule has 1 aliphatic rings. The van der Waals surface area contributed by atoms with Gasteiger partial charge in [0.25, 0.3) is 11.8 Å². The molecule has 1 saturated heterocycles. The SMILES string of the molecule is O=C(Nc1ccc(Nc2ccc(NC(=O)c3ccc[nH]3)cc2F)c(F)c1)c1ccc(N2CCC(O)CC2)cc1. The molecule has 0 aliphatic carbocycles. The molecule has 3 aromatic carbocycles. The Balaban J connectivity index is 1.19. The molecule has 0 bridgehead atoms. The van der Waals surface area contributed by atoms with Gasteiger partial charge in [-0.25, -0.2) is 8.78 Å². The van der Waals surface area contributed by atoms with Crippen LogP contribution < -0.4 is 20.9 Å². The lowest BCUT2D eigenvalue weighted by molar-refractivity contribution is 0.101. The van der Waals surface area contributed by atoms with Crippen molar-refractivity contribution in [3.8, 4) is 0 Å². The van der Waals surface area contributed by atoms with Crippen LogP contribution in [0, 0.1) is 11.6 Å². The number of aromatic amines is 1. The number of piperidine rings is 1. The molecule has 200 valence electrons. The van der Waals surface area contributed by atoms with Gasteiger partial charge in [-0.3, -0.25) is 9.59 Å². The number of carbonyl (C=O) groups is 2. The summed E-state index contributed by atoms with van der Waals surface area (Å²) in [5.74, 6) is -2.17. The Morgan fingerprint density at radius 2 is 1.41 bits per heavy atom. The highest BCUT2D eigenvalue weighted by Gasteiger charge is 2.18. The molecule has 5 rings (SSSR count). The van der Waals surface area contributed by atoms with Gasteiger partial charge in [-0.2, -0.15) is 0 Å². The second-order valence-electron chi connectivity index (χ2n) is 9.27. The maximum absolute atomic E-state index is 14.8. The van der Waals surface area contributed by atoms with E-state index >= 15 is 0 Å². The first-order valence-corrected chi connectivity index (χ1v) is 12.5. The summed E-state index contributed by atoms with van der Waals surface area (Å²) in [5.41, 5.74) is 2.27. The monoisotopic (exact) mass is 531 g/mol. The van der Waals surface area contributed by atoms with Gasteiger partial charge in [-0.05, 0) is 85.6 Å². The molecule has 2 amide bonds. The van der Waals surface area contributed by atoms with E-state index in [4.69, 9.17) is 0 Å². The third-order valence-corrected chi connectivity index (χ3v) is 6.52. The first-order valence-electron chi connectivity index (χ1n) is 12.5. The number of rotatable bonds is 7. The molecule has 8 nitrogen and oxygen atoms in total. The van der Waals surface area contributed by atoms with Crippen molar-refractivity contribution in [1.82, 2.24) is 4.98 Å². The van der Waals surface area contributed by atoms with E-state index in [1.165, 1.54) is 24.3 Å². The van der Waals surface area contributed by atoms with Crippen LogP contribution in [0.2, 0.25) is 0 Å². The number of nitrogens with zero attached hydrogens (tertiary/aromatic N) is 1. The Morgan fingerprint density at radius 3 is 1.95 bits per heavy atom. The zero-order chi connectivity index (χ0) is 27.4. The summed E-state index contributed by atoms with van der Waals surface area (Å²) < 4.78 is 29.4. The average molecular weight is 532 g/mol. The molecule has 1 aromatic heterocycles. The maximum Gasteiger partial charge on any atom is 0.272 e. The summed E-state index contributed by atoms with van der Waals surface area (Å²) in [6.07, 6.45) is 2.77. The topological polar surface area (TPSA) is 109 Å². The molecule has 2 heterocycles. The number of aromatic nitrogens is 1. The number of amides is 2. The lowest BCUT2D eigenvalue weighted by Crippen LogP contribution is -2.35. The molecule has 1 fully saturated rings. The van der Waals surface area contributed by atoms with Gasteiger partial charge in [-0.1, -0.05) is 0 Å². The van der Waals surface area contributed by atoms with Crippen LogP contribution in [-0.4, -0.2) is 41.1 Å². The number of nitrogens with one attached hydrogen (secondary N) is 4. The second-order valence-corrected chi connectivity index (χ2v) is 9.27. The maximum atomic E-state index is 14.8. The van der Waals surface area contributed by atoms with Crippen LogP contribution in [0.5, 0.6) is 0 Å². The predicted molar refractivity (Wildman–Crippen MR) is 147 cm³/mol. The number of hydrogen-bond acceptors (Lipinski definition) is 5. The highest BCUT2D eigenvalue weighted by Crippen LogP contribution is 2.27. The number of hydrogen-bond donors (Lipinski definition) is 5. The van der Waals surface area contributed by atoms with Crippen LogP contribution in [0.3, 0.4) is 0 Å². The Hall–Kier alpha value is -4.70. The quantitative estimate of drug-likeness (QED) is 0.216.